The van der Waals surface area contributed by atoms with Gasteiger partial charge in [-0.2, -0.15) is 0 Å². The van der Waals surface area contributed by atoms with E-state index in [2.05, 4.69) is 17.2 Å². The summed E-state index contributed by atoms with van der Waals surface area (Å²) in [6.45, 7) is 1.01. The zero-order chi connectivity index (χ0) is 37.5. The van der Waals surface area contributed by atoms with Gasteiger partial charge in [-0.25, -0.2) is 0 Å². The van der Waals surface area contributed by atoms with Crippen molar-refractivity contribution in [3.05, 3.63) is 65.2 Å². The Bertz CT molecular complexity index is 1810. The second kappa shape index (κ2) is 17.9. The van der Waals surface area contributed by atoms with Crippen molar-refractivity contribution in [3.8, 4) is 29.1 Å². The van der Waals surface area contributed by atoms with Crippen LogP contribution in [0.5, 0.6) is 17.2 Å². The fourth-order valence-electron chi connectivity index (χ4n) is 9.02. The SMILES string of the molecule is COc1cc2c(cc1O)C(CCC(O)c1ccc3cc(O)ccc3c1)C#CC(C(O)CCCC(CCCO)C1CNC3CC(=O)CCC3C1)C(=O)CC2. The quantitative estimate of drug-likeness (QED) is 0.106. The Morgan fingerprint density at radius 3 is 2.51 bits per heavy atom. The predicted octanol–water partition coefficient (Wildman–Crippen LogP) is 6.26. The van der Waals surface area contributed by atoms with Gasteiger partial charge in [0.05, 0.1) is 19.3 Å². The number of rotatable bonds is 14. The van der Waals surface area contributed by atoms with Gasteiger partial charge in [0.2, 0.25) is 0 Å². The number of phenolic OH excluding ortho intramolecular Hbond substituents is 2. The summed E-state index contributed by atoms with van der Waals surface area (Å²) in [4.78, 5) is 25.7. The number of phenols is 2. The Labute approximate surface area is 312 Å². The number of aliphatic hydroxyl groups is 3. The topological polar surface area (TPSA) is 157 Å². The number of carbonyl (C=O) groups excluding carboxylic acids is 2. The maximum Gasteiger partial charge on any atom is 0.160 e. The minimum Gasteiger partial charge on any atom is -0.508 e. The van der Waals surface area contributed by atoms with Crippen molar-refractivity contribution in [2.24, 2.45) is 23.7 Å². The number of hydrogen-bond acceptors (Lipinski definition) is 9. The van der Waals surface area contributed by atoms with E-state index in [1.165, 1.54) is 7.11 Å². The van der Waals surface area contributed by atoms with E-state index in [1.54, 1.807) is 24.3 Å². The first kappa shape index (κ1) is 38.8. The molecule has 0 radical (unpaired) electrons. The number of piperidine rings is 1. The Morgan fingerprint density at radius 1 is 0.906 bits per heavy atom. The Hall–Kier alpha value is -3.94. The van der Waals surface area contributed by atoms with Crippen molar-refractivity contribution in [2.75, 3.05) is 20.3 Å². The average Bonchev–Trinajstić information content (AvgIpc) is 3.22. The molecule has 0 amide bonds. The van der Waals surface area contributed by atoms with Crippen LogP contribution in [0.4, 0.5) is 0 Å². The molecule has 9 nitrogen and oxygen atoms in total. The number of fused-ring (bicyclic) bond motifs is 3. The molecule has 3 aromatic rings. The van der Waals surface area contributed by atoms with Crippen LogP contribution < -0.4 is 10.1 Å². The van der Waals surface area contributed by atoms with Crippen LogP contribution in [0.2, 0.25) is 0 Å². The minimum atomic E-state index is -0.931. The van der Waals surface area contributed by atoms with Crippen LogP contribution in [-0.4, -0.2) is 69.5 Å². The summed E-state index contributed by atoms with van der Waals surface area (Å²) in [6, 6.07) is 14.5. The Kier molecular flexibility index (Phi) is 13.1. The van der Waals surface area contributed by atoms with Gasteiger partial charge in [-0.3, -0.25) is 9.59 Å². The number of hydrogen-bond donors (Lipinski definition) is 6. The van der Waals surface area contributed by atoms with Gasteiger partial charge in [0.1, 0.15) is 17.5 Å². The number of nitrogens with one attached hydrogen (secondary N) is 1. The summed E-state index contributed by atoms with van der Waals surface area (Å²) in [5, 5.41) is 58.5. The third-order valence-electron chi connectivity index (χ3n) is 12.1. The number of Topliss-reactive ketones (excluding diaryl/α,β-unsaturated/α-hetero) is 2. The highest BCUT2D eigenvalue weighted by molar-refractivity contribution is 5.85. The number of ketones is 2. The van der Waals surface area contributed by atoms with E-state index in [9.17, 15) is 35.1 Å². The van der Waals surface area contributed by atoms with Gasteiger partial charge in [-0.05, 0) is 133 Å². The molecule has 2 fully saturated rings. The smallest absolute Gasteiger partial charge is 0.160 e. The van der Waals surface area contributed by atoms with Crippen LogP contribution in [0.1, 0.15) is 106 Å². The number of aromatic hydroxyl groups is 2. The number of carbonyl (C=O) groups is 2. The lowest BCUT2D eigenvalue weighted by atomic mass is 9.70. The van der Waals surface area contributed by atoms with Crippen molar-refractivity contribution in [1.29, 1.82) is 0 Å². The van der Waals surface area contributed by atoms with E-state index >= 15 is 0 Å². The van der Waals surface area contributed by atoms with E-state index in [4.69, 9.17) is 4.74 Å². The molecule has 6 rings (SSSR count). The molecule has 0 bridgehead atoms. The first-order chi connectivity index (χ1) is 25.6. The third-order valence-corrected chi connectivity index (χ3v) is 12.1. The molecule has 8 unspecified atom stereocenters. The van der Waals surface area contributed by atoms with Crippen molar-refractivity contribution < 1.29 is 39.9 Å². The van der Waals surface area contributed by atoms with Gasteiger partial charge in [-0.1, -0.05) is 42.9 Å². The molecule has 1 saturated carbocycles. The maximum atomic E-state index is 13.7. The molecule has 3 aromatic carbocycles. The highest BCUT2D eigenvalue weighted by atomic mass is 16.5. The average molecular weight is 726 g/mol. The highest BCUT2D eigenvalue weighted by Crippen LogP contribution is 2.39. The number of ether oxygens (including phenoxy) is 1. The number of aryl methyl sites for hydroxylation is 1. The maximum absolute atomic E-state index is 13.7. The highest BCUT2D eigenvalue weighted by Gasteiger charge is 2.37. The second-order valence-electron chi connectivity index (χ2n) is 15.6. The zero-order valence-electron chi connectivity index (χ0n) is 30.8. The standard InChI is InChI=1S/C44H55NO8/c1-53-44-23-31-13-18-42(51)37(41(50)6-2-4-27(5-3-19-46)34-21-32-10-15-36(48)24-39(32)45-26-34)16-11-28(38(31)25-43(44)52)12-17-40(49)33-8-7-30-22-35(47)14-9-29(30)20-33/h7-9,14,20,22-23,25,27-28,32,34,37,39-41,45-47,49-50,52H,2-6,10,12-13,15,17-19,21,24,26H2,1H3. The van der Waals surface area contributed by atoms with E-state index in [0.717, 1.165) is 72.5 Å². The van der Waals surface area contributed by atoms with Crippen molar-refractivity contribution in [3.63, 3.8) is 0 Å². The molecule has 1 aliphatic heterocycles. The normalized spacial score (nSPS) is 24.8. The number of methoxy groups -OCH3 is 1. The molecule has 0 aromatic heterocycles. The molecule has 3 aliphatic rings. The van der Waals surface area contributed by atoms with E-state index in [1.807, 2.05) is 24.3 Å². The van der Waals surface area contributed by atoms with Gasteiger partial charge in [0.25, 0.3) is 0 Å². The van der Waals surface area contributed by atoms with Crippen LogP contribution in [0.15, 0.2) is 48.5 Å². The summed E-state index contributed by atoms with van der Waals surface area (Å²) >= 11 is 0. The molecule has 6 N–H and O–H groups in total. The van der Waals surface area contributed by atoms with E-state index in [0.29, 0.717) is 67.8 Å². The fourth-order valence-corrected chi connectivity index (χ4v) is 9.02. The first-order valence-electron chi connectivity index (χ1n) is 19.5. The lowest BCUT2D eigenvalue weighted by Gasteiger charge is -2.42. The molecule has 53 heavy (non-hydrogen) atoms. The van der Waals surface area contributed by atoms with Crippen molar-refractivity contribution >= 4 is 22.3 Å². The number of benzene rings is 3. The van der Waals surface area contributed by atoms with Crippen molar-refractivity contribution in [2.45, 2.75) is 108 Å². The molecule has 8 atom stereocenters. The van der Waals surface area contributed by atoms with Crippen LogP contribution in [-0.2, 0) is 16.0 Å². The second-order valence-corrected chi connectivity index (χ2v) is 15.6. The molecular weight excluding hydrogens is 670 g/mol. The van der Waals surface area contributed by atoms with Gasteiger partial charge in [0.15, 0.2) is 17.3 Å². The summed E-state index contributed by atoms with van der Waals surface area (Å²) in [7, 11) is 1.49. The van der Waals surface area contributed by atoms with Gasteiger partial charge < -0.3 is 35.6 Å². The summed E-state index contributed by atoms with van der Waals surface area (Å²) in [5.41, 5.74) is 2.38. The van der Waals surface area contributed by atoms with Gasteiger partial charge in [-0.15, -0.1) is 0 Å². The molecule has 2 aliphatic carbocycles. The largest absolute Gasteiger partial charge is 0.508 e. The van der Waals surface area contributed by atoms with E-state index in [-0.39, 0.29) is 36.4 Å². The van der Waals surface area contributed by atoms with Crippen LogP contribution in [0.25, 0.3) is 10.8 Å². The monoisotopic (exact) mass is 725 g/mol. The summed E-state index contributed by atoms with van der Waals surface area (Å²) < 4.78 is 5.40. The predicted molar refractivity (Wildman–Crippen MR) is 204 cm³/mol. The molecule has 1 saturated heterocycles. The van der Waals surface area contributed by atoms with Crippen LogP contribution >= 0.6 is 0 Å². The fraction of sp³-hybridized carbons (Fsp3) is 0.545. The summed E-state index contributed by atoms with van der Waals surface area (Å²) in [6.07, 6.45) is 6.70. The third kappa shape index (κ3) is 9.60. The van der Waals surface area contributed by atoms with E-state index < -0.39 is 24.0 Å². The molecule has 9 heteroatoms. The molecule has 1 heterocycles. The Balaban J connectivity index is 1.15. The summed E-state index contributed by atoms with van der Waals surface area (Å²) in [5.74, 6) is 7.28. The van der Waals surface area contributed by atoms with Crippen LogP contribution in [0.3, 0.4) is 0 Å². The lowest BCUT2D eigenvalue weighted by molar-refractivity contribution is -0.124. The minimum absolute atomic E-state index is 0.0186. The van der Waals surface area contributed by atoms with Gasteiger partial charge >= 0.3 is 0 Å². The van der Waals surface area contributed by atoms with Crippen molar-refractivity contribution in [1.82, 2.24) is 5.32 Å². The first-order valence-corrected chi connectivity index (χ1v) is 19.5. The molecular formula is C44H55NO8. The Morgan fingerprint density at radius 2 is 1.70 bits per heavy atom. The molecule has 0 spiro atoms. The van der Waals surface area contributed by atoms with Gasteiger partial charge in [0, 0.05) is 37.8 Å². The lowest BCUT2D eigenvalue weighted by Crippen LogP contribution is -2.50. The van der Waals surface area contributed by atoms with Crippen LogP contribution in [0, 0.1) is 35.5 Å². The number of aliphatic hydroxyl groups excluding tert-OH is 3. The zero-order valence-corrected chi connectivity index (χ0v) is 30.8. The molecule has 284 valence electrons.